The summed E-state index contributed by atoms with van der Waals surface area (Å²) in [6.45, 7) is 3.17. The maximum Gasteiger partial charge on any atom is 0.206 e. The summed E-state index contributed by atoms with van der Waals surface area (Å²) >= 11 is 4.88. The SMILES string of the molecule is Brc1ccc2c(c1)[C@]1(CCNC1)C[N-]2.ONc1nccs1.[Y]. The number of rotatable bonds is 1. The Morgan fingerprint density at radius 3 is 2.91 bits per heavy atom. The minimum absolute atomic E-state index is 0. The van der Waals surface area contributed by atoms with Crippen molar-refractivity contribution in [1.82, 2.24) is 10.3 Å². The topological polar surface area (TPSA) is 71.3 Å². The predicted molar refractivity (Wildman–Crippen MR) is 88.7 cm³/mol. The molecule has 1 aromatic heterocycles. The molecule has 8 heteroatoms. The van der Waals surface area contributed by atoms with Gasteiger partial charge in [0.15, 0.2) is 0 Å². The van der Waals surface area contributed by atoms with Crippen LogP contribution in [0.3, 0.4) is 0 Å². The van der Waals surface area contributed by atoms with Gasteiger partial charge in [-0.15, -0.1) is 23.6 Å². The molecule has 115 valence electrons. The first-order valence-electron chi connectivity index (χ1n) is 6.71. The molecule has 5 nitrogen and oxygen atoms in total. The summed E-state index contributed by atoms with van der Waals surface area (Å²) in [6, 6.07) is 6.43. The van der Waals surface area contributed by atoms with Gasteiger partial charge in [-0.2, -0.15) is 0 Å². The standard InChI is InChI=1S/C11H12BrN2.C3H4N2OS.Y/c12-8-1-2-10-9(5-8)11(7-14-10)3-4-13-6-11;6-5-3-4-1-2-7-3;/h1-2,5,13H,3-4,6-7H2;1-2,6H,(H,4,5);/q-1;;/t11-;;/m0../s1. The Kier molecular flexibility index (Phi) is 6.79. The first-order chi connectivity index (χ1) is 10.2. The van der Waals surface area contributed by atoms with Crippen LogP contribution in [0.15, 0.2) is 34.2 Å². The molecule has 22 heavy (non-hydrogen) atoms. The maximum atomic E-state index is 8.12. The summed E-state index contributed by atoms with van der Waals surface area (Å²) in [6.07, 6.45) is 2.84. The van der Waals surface area contributed by atoms with Gasteiger partial charge >= 0.3 is 0 Å². The van der Waals surface area contributed by atoms with Crippen LogP contribution < -0.4 is 10.8 Å². The van der Waals surface area contributed by atoms with Crippen molar-refractivity contribution in [1.29, 1.82) is 0 Å². The van der Waals surface area contributed by atoms with Gasteiger partial charge in [-0.05, 0) is 30.5 Å². The zero-order valence-electron chi connectivity index (χ0n) is 11.9. The number of anilines is 1. The molecule has 1 atom stereocenters. The normalized spacial score (nSPS) is 21.4. The number of benzene rings is 1. The molecule has 1 fully saturated rings. The van der Waals surface area contributed by atoms with Crippen LogP contribution in [0.2, 0.25) is 0 Å². The van der Waals surface area contributed by atoms with Gasteiger partial charge in [-0.25, -0.2) is 10.5 Å². The first kappa shape index (κ1) is 18.3. The molecule has 1 radical (unpaired) electrons. The van der Waals surface area contributed by atoms with Crippen molar-refractivity contribution in [3.63, 3.8) is 0 Å². The monoisotopic (exact) mass is 456 g/mol. The number of nitrogens with zero attached hydrogens (tertiary/aromatic N) is 2. The Morgan fingerprint density at radius 1 is 1.45 bits per heavy atom. The second-order valence-corrected chi connectivity index (χ2v) is 6.94. The van der Waals surface area contributed by atoms with Gasteiger partial charge in [-0.1, -0.05) is 27.6 Å². The maximum absolute atomic E-state index is 8.12. The Balaban J connectivity index is 0.000000189. The molecule has 0 bridgehead atoms. The van der Waals surface area contributed by atoms with Crippen LogP contribution in [0.4, 0.5) is 10.8 Å². The molecule has 0 unspecified atom stereocenters. The number of nitrogens with one attached hydrogen (secondary N) is 2. The van der Waals surface area contributed by atoms with Crippen LogP contribution in [0.25, 0.3) is 5.32 Å². The van der Waals surface area contributed by atoms with Crippen molar-refractivity contribution in [3.8, 4) is 0 Å². The smallest absolute Gasteiger partial charge is 0.206 e. The second kappa shape index (κ2) is 8.17. The molecular formula is C14H16BrN4OSY-. The Morgan fingerprint density at radius 2 is 2.32 bits per heavy atom. The minimum Gasteiger partial charge on any atom is -0.683 e. The van der Waals surface area contributed by atoms with E-state index in [9.17, 15) is 0 Å². The summed E-state index contributed by atoms with van der Waals surface area (Å²) in [4.78, 5) is 3.69. The fraction of sp³-hybridized carbons (Fsp3) is 0.357. The van der Waals surface area contributed by atoms with E-state index in [1.807, 2.05) is 5.48 Å². The number of aromatic nitrogens is 1. The van der Waals surface area contributed by atoms with E-state index in [4.69, 9.17) is 5.21 Å². The van der Waals surface area contributed by atoms with E-state index in [2.05, 4.69) is 49.7 Å². The Bertz CT molecular complexity index is 605. The van der Waals surface area contributed by atoms with E-state index in [1.54, 1.807) is 11.6 Å². The molecule has 2 aromatic rings. The third-order valence-electron chi connectivity index (χ3n) is 3.85. The summed E-state index contributed by atoms with van der Waals surface area (Å²) in [5, 5.41) is 18.5. The van der Waals surface area contributed by atoms with E-state index in [0.717, 1.165) is 19.6 Å². The number of thiazole rings is 1. The molecule has 3 N–H and O–H groups in total. The molecule has 1 aromatic carbocycles. The van der Waals surface area contributed by atoms with Gasteiger partial charge in [0.1, 0.15) is 0 Å². The van der Waals surface area contributed by atoms with Crippen molar-refractivity contribution < 1.29 is 37.9 Å². The number of halogens is 1. The molecule has 2 aliphatic rings. The Labute approximate surface area is 167 Å². The largest absolute Gasteiger partial charge is 0.683 e. The van der Waals surface area contributed by atoms with Crippen LogP contribution in [0, 0.1) is 0 Å². The van der Waals surface area contributed by atoms with Gasteiger partial charge in [0.25, 0.3) is 0 Å². The zero-order valence-corrected chi connectivity index (χ0v) is 17.2. The van der Waals surface area contributed by atoms with E-state index in [1.165, 1.54) is 33.5 Å². The van der Waals surface area contributed by atoms with Gasteiger partial charge < -0.3 is 10.6 Å². The number of hydrogen-bond acceptors (Lipinski definition) is 5. The first-order valence-corrected chi connectivity index (χ1v) is 8.39. The fourth-order valence-electron chi connectivity index (χ4n) is 2.78. The van der Waals surface area contributed by atoms with Crippen molar-refractivity contribution in [2.45, 2.75) is 11.8 Å². The summed E-state index contributed by atoms with van der Waals surface area (Å²) in [5.74, 6) is 0. The summed E-state index contributed by atoms with van der Waals surface area (Å²) in [7, 11) is 0. The number of hydrogen-bond donors (Lipinski definition) is 3. The van der Waals surface area contributed by atoms with E-state index >= 15 is 0 Å². The fourth-order valence-corrected chi connectivity index (χ4v) is 3.57. The molecular weight excluding hydrogens is 441 g/mol. The average molecular weight is 457 g/mol. The van der Waals surface area contributed by atoms with Crippen LogP contribution >= 0.6 is 27.3 Å². The summed E-state index contributed by atoms with van der Waals surface area (Å²) in [5.41, 5.74) is 4.84. The Hall–Kier alpha value is -0.0461. The summed E-state index contributed by atoms with van der Waals surface area (Å²) < 4.78 is 1.17. The minimum atomic E-state index is 0. The molecule has 3 heterocycles. The molecule has 1 saturated heterocycles. The van der Waals surface area contributed by atoms with Gasteiger partial charge in [0.05, 0.1) is 0 Å². The van der Waals surface area contributed by atoms with Crippen LogP contribution in [-0.2, 0) is 38.1 Å². The average Bonchev–Trinajstić information content (AvgIpc) is 3.24. The van der Waals surface area contributed by atoms with Gasteiger partial charge in [0, 0.05) is 55.3 Å². The van der Waals surface area contributed by atoms with Crippen molar-refractivity contribution in [2.24, 2.45) is 0 Å². The van der Waals surface area contributed by atoms with Crippen molar-refractivity contribution in [2.75, 3.05) is 25.1 Å². The van der Waals surface area contributed by atoms with Crippen LogP contribution in [-0.4, -0.2) is 29.8 Å². The van der Waals surface area contributed by atoms with E-state index in [0.29, 0.717) is 10.5 Å². The molecule has 1 spiro atoms. The third-order valence-corrected chi connectivity index (χ3v) is 5.02. The molecule has 0 amide bonds. The van der Waals surface area contributed by atoms with E-state index in [-0.39, 0.29) is 32.7 Å². The zero-order chi connectivity index (χ0) is 14.7. The third kappa shape index (κ3) is 3.89. The van der Waals surface area contributed by atoms with Crippen molar-refractivity contribution >= 4 is 38.1 Å². The molecule has 0 saturated carbocycles. The predicted octanol–water partition coefficient (Wildman–Crippen LogP) is 3.64. The van der Waals surface area contributed by atoms with Crippen molar-refractivity contribution in [3.05, 3.63) is 45.1 Å². The number of fused-ring (bicyclic) bond motifs is 2. The van der Waals surface area contributed by atoms with Gasteiger partial charge in [-0.3, -0.25) is 5.21 Å². The molecule has 0 aliphatic carbocycles. The molecule has 4 rings (SSSR count). The van der Waals surface area contributed by atoms with E-state index < -0.39 is 0 Å². The quantitative estimate of drug-likeness (QED) is 0.573. The van der Waals surface area contributed by atoms with Crippen LogP contribution in [0.5, 0.6) is 0 Å². The molecule has 2 aliphatic heterocycles. The second-order valence-electron chi connectivity index (χ2n) is 5.13. The van der Waals surface area contributed by atoms with Crippen LogP contribution in [0.1, 0.15) is 12.0 Å². The van der Waals surface area contributed by atoms with Gasteiger partial charge in [0.2, 0.25) is 5.13 Å².